The van der Waals surface area contributed by atoms with E-state index in [1.54, 1.807) is 9.80 Å². The number of piperazine rings is 1. The van der Waals surface area contributed by atoms with E-state index < -0.39 is 29.1 Å². The largest absolute Gasteiger partial charge is 0.342 e. The maximum atomic E-state index is 13.7. The highest BCUT2D eigenvalue weighted by atomic mass is 16.2. The zero-order valence-electron chi connectivity index (χ0n) is 18.4. The molecule has 1 aromatic rings. The Kier molecular flexibility index (Phi) is 4.60. The highest BCUT2D eigenvalue weighted by Crippen LogP contribution is 2.62. The molecule has 0 aromatic heterocycles. The lowest BCUT2D eigenvalue weighted by Gasteiger charge is -2.46. The molecule has 4 rings (SSSR count). The third kappa shape index (κ3) is 2.52. The van der Waals surface area contributed by atoms with E-state index in [1.165, 1.54) is 6.92 Å². The zero-order valence-corrected chi connectivity index (χ0v) is 18.4. The summed E-state index contributed by atoms with van der Waals surface area (Å²) < 4.78 is 0. The highest BCUT2D eigenvalue weighted by Gasteiger charge is 2.69. The fraction of sp³-hybridized carbons (Fsp3) is 0.542. The van der Waals surface area contributed by atoms with Crippen LogP contribution in [0.4, 0.5) is 5.69 Å². The predicted octanol–water partition coefficient (Wildman–Crippen LogP) is 2.97. The van der Waals surface area contributed by atoms with Gasteiger partial charge in [0, 0.05) is 18.0 Å². The van der Waals surface area contributed by atoms with Gasteiger partial charge in [-0.3, -0.25) is 19.3 Å². The number of amides is 3. The van der Waals surface area contributed by atoms with E-state index in [2.05, 4.69) is 25.7 Å². The van der Waals surface area contributed by atoms with E-state index >= 15 is 0 Å². The van der Waals surface area contributed by atoms with Crippen molar-refractivity contribution >= 4 is 23.4 Å². The molecule has 3 aliphatic heterocycles. The number of para-hydroxylation sites is 1. The number of benzene rings is 1. The highest BCUT2D eigenvalue weighted by molar-refractivity contribution is 6.02. The number of carbonyl (C=O) groups excluding carboxylic acids is 3. The Labute approximate surface area is 178 Å². The van der Waals surface area contributed by atoms with Gasteiger partial charge in [0.2, 0.25) is 17.7 Å². The topological polar surface area (TPSA) is 69.7 Å². The molecule has 6 nitrogen and oxygen atoms in total. The summed E-state index contributed by atoms with van der Waals surface area (Å²) >= 11 is 0. The van der Waals surface area contributed by atoms with Crippen molar-refractivity contribution in [2.45, 2.75) is 71.1 Å². The van der Waals surface area contributed by atoms with Crippen LogP contribution in [-0.4, -0.2) is 40.9 Å². The number of hydrogen-bond acceptors (Lipinski definition) is 3. The normalized spacial score (nSPS) is 30.1. The van der Waals surface area contributed by atoms with Crippen LogP contribution in [0, 0.1) is 11.3 Å². The van der Waals surface area contributed by atoms with Gasteiger partial charge in [0.05, 0.1) is 0 Å². The van der Waals surface area contributed by atoms with Crippen LogP contribution in [0.5, 0.6) is 0 Å². The van der Waals surface area contributed by atoms with Gasteiger partial charge >= 0.3 is 0 Å². The lowest BCUT2D eigenvalue weighted by Crippen LogP contribution is -2.66. The van der Waals surface area contributed by atoms with Crippen molar-refractivity contribution in [3.63, 3.8) is 0 Å². The van der Waals surface area contributed by atoms with Crippen LogP contribution in [0.25, 0.3) is 0 Å². The molecule has 160 valence electrons. The Morgan fingerprint density at radius 3 is 2.60 bits per heavy atom. The smallest absolute Gasteiger partial charge is 0.247 e. The van der Waals surface area contributed by atoms with E-state index in [1.807, 2.05) is 44.2 Å². The van der Waals surface area contributed by atoms with E-state index in [0.29, 0.717) is 12.8 Å². The van der Waals surface area contributed by atoms with Gasteiger partial charge < -0.3 is 10.2 Å². The molecule has 0 saturated carbocycles. The van der Waals surface area contributed by atoms with Crippen molar-refractivity contribution in [2.75, 3.05) is 4.90 Å². The minimum absolute atomic E-state index is 0.0981. The molecule has 1 N–H and O–H groups in total. The average molecular weight is 410 g/mol. The van der Waals surface area contributed by atoms with Gasteiger partial charge in [0.1, 0.15) is 18.2 Å². The van der Waals surface area contributed by atoms with Crippen molar-refractivity contribution in [1.82, 2.24) is 10.2 Å². The van der Waals surface area contributed by atoms with Crippen molar-refractivity contribution in [3.05, 3.63) is 42.5 Å². The standard InChI is InChI=1S/C24H31N3O3/c1-7-23(5,6)24-13-19-20(29)25-17(12-14(2)3)21(30)27(19)22(24)26(15(4)28)18-11-9-8-10-16(18)24/h7-11,14,17,19,22H,1,12-13H2,2-6H3,(H,25,29)/t17-,19-,22+,24-/m0/s1. The number of carbonyl (C=O) groups is 3. The monoisotopic (exact) mass is 409 g/mol. The summed E-state index contributed by atoms with van der Waals surface area (Å²) in [6, 6.07) is 6.68. The number of nitrogens with zero attached hydrogens (tertiary/aromatic N) is 2. The number of allylic oxidation sites excluding steroid dienone is 1. The lowest BCUT2D eigenvalue weighted by molar-refractivity contribution is -0.150. The van der Waals surface area contributed by atoms with Crippen molar-refractivity contribution in [3.8, 4) is 0 Å². The Hall–Kier alpha value is -2.63. The summed E-state index contributed by atoms with van der Waals surface area (Å²) in [6.07, 6.45) is 2.39. The Morgan fingerprint density at radius 2 is 2.00 bits per heavy atom. The number of nitrogens with one attached hydrogen (secondary N) is 1. The fourth-order valence-corrected chi connectivity index (χ4v) is 5.80. The summed E-state index contributed by atoms with van der Waals surface area (Å²) in [7, 11) is 0. The van der Waals surface area contributed by atoms with E-state index in [4.69, 9.17) is 0 Å². The summed E-state index contributed by atoms with van der Waals surface area (Å²) in [5.41, 5.74) is 0.762. The number of anilines is 1. The quantitative estimate of drug-likeness (QED) is 0.778. The average Bonchev–Trinajstić information content (AvgIpc) is 3.17. The third-order valence-corrected chi connectivity index (χ3v) is 7.32. The Balaban J connectivity index is 1.95. The van der Waals surface area contributed by atoms with Crippen LogP contribution in [0.3, 0.4) is 0 Å². The van der Waals surface area contributed by atoms with Crippen LogP contribution < -0.4 is 10.2 Å². The lowest BCUT2D eigenvalue weighted by atomic mass is 9.60. The Bertz CT molecular complexity index is 937. The maximum absolute atomic E-state index is 13.7. The van der Waals surface area contributed by atoms with Crippen LogP contribution in [-0.2, 0) is 19.8 Å². The molecule has 4 atom stereocenters. The number of hydrogen-bond donors (Lipinski definition) is 1. The second-order valence-electron chi connectivity index (χ2n) is 9.83. The fourth-order valence-electron chi connectivity index (χ4n) is 5.80. The first-order valence-electron chi connectivity index (χ1n) is 10.7. The minimum Gasteiger partial charge on any atom is -0.342 e. The molecule has 0 spiro atoms. The molecular weight excluding hydrogens is 378 g/mol. The number of rotatable bonds is 4. The van der Waals surface area contributed by atoms with Crippen molar-refractivity contribution < 1.29 is 14.4 Å². The summed E-state index contributed by atoms with van der Waals surface area (Å²) in [6.45, 7) is 13.8. The second-order valence-corrected chi connectivity index (χ2v) is 9.83. The molecule has 3 aliphatic rings. The van der Waals surface area contributed by atoms with Gasteiger partial charge in [-0.15, -0.1) is 6.58 Å². The first-order chi connectivity index (χ1) is 14.1. The van der Waals surface area contributed by atoms with Crippen LogP contribution in [0.2, 0.25) is 0 Å². The van der Waals surface area contributed by atoms with E-state index in [0.717, 1.165) is 11.3 Å². The third-order valence-electron chi connectivity index (χ3n) is 7.32. The molecule has 30 heavy (non-hydrogen) atoms. The molecule has 0 unspecified atom stereocenters. The molecule has 3 heterocycles. The van der Waals surface area contributed by atoms with Crippen molar-refractivity contribution in [2.24, 2.45) is 11.3 Å². The van der Waals surface area contributed by atoms with Gasteiger partial charge in [-0.25, -0.2) is 0 Å². The van der Waals surface area contributed by atoms with Crippen molar-refractivity contribution in [1.29, 1.82) is 0 Å². The van der Waals surface area contributed by atoms with Gasteiger partial charge in [-0.2, -0.15) is 0 Å². The van der Waals surface area contributed by atoms with Gasteiger partial charge in [-0.05, 0) is 35.8 Å². The minimum atomic E-state index is -0.610. The van der Waals surface area contributed by atoms with Gasteiger partial charge in [0.25, 0.3) is 0 Å². The molecule has 2 fully saturated rings. The van der Waals surface area contributed by atoms with Crippen LogP contribution >= 0.6 is 0 Å². The second kappa shape index (κ2) is 6.69. The molecule has 0 bridgehead atoms. The summed E-state index contributed by atoms with van der Waals surface area (Å²) in [4.78, 5) is 43.1. The SMILES string of the molecule is C=CC(C)(C)[C@]12C[C@H]3C(=O)N[C@@H](CC(C)C)C(=O)N3[C@H]1N(C(C)=O)c1ccccc12. The van der Waals surface area contributed by atoms with Crippen LogP contribution in [0.1, 0.15) is 53.0 Å². The molecular formula is C24H31N3O3. The number of fused-ring (bicyclic) bond motifs is 5. The first-order valence-corrected chi connectivity index (χ1v) is 10.7. The zero-order chi connectivity index (χ0) is 22.0. The molecule has 1 aromatic carbocycles. The summed E-state index contributed by atoms with van der Waals surface area (Å²) in [5.74, 6) is -0.0968. The molecule has 2 saturated heterocycles. The molecule has 0 aliphatic carbocycles. The van der Waals surface area contributed by atoms with E-state index in [9.17, 15) is 14.4 Å². The molecule has 3 amide bonds. The predicted molar refractivity (Wildman–Crippen MR) is 116 cm³/mol. The molecule has 0 radical (unpaired) electrons. The first kappa shape index (κ1) is 20.6. The summed E-state index contributed by atoms with van der Waals surface area (Å²) in [5, 5.41) is 2.95. The Morgan fingerprint density at radius 1 is 1.33 bits per heavy atom. The van der Waals surface area contributed by atoms with E-state index in [-0.39, 0.29) is 23.6 Å². The van der Waals surface area contributed by atoms with Gasteiger partial charge in [-0.1, -0.05) is 52.0 Å². The van der Waals surface area contributed by atoms with Crippen LogP contribution in [0.15, 0.2) is 36.9 Å². The maximum Gasteiger partial charge on any atom is 0.247 e. The molecule has 6 heteroatoms. The van der Waals surface area contributed by atoms with Gasteiger partial charge in [0.15, 0.2) is 0 Å².